The van der Waals surface area contributed by atoms with Crippen LogP contribution in [0.1, 0.15) is 35.1 Å². The average molecular weight is 249 g/mol. The molecule has 0 unspecified atom stereocenters. The predicted molar refractivity (Wildman–Crippen MR) is 65.9 cm³/mol. The topological polar surface area (TPSA) is 42.2 Å². The number of hydrogen-bond acceptors (Lipinski definition) is 5. The van der Waals surface area contributed by atoms with Gasteiger partial charge >= 0.3 is 0 Å². The van der Waals surface area contributed by atoms with Crippen LogP contribution >= 0.6 is 11.3 Å². The van der Waals surface area contributed by atoms with Gasteiger partial charge in [0.2, 0.25) is 5.89 Å². The van der Waals surface area contributed by atoms with Crippen LogP contribution in [0, 0.1) is 6.92 Å². The molecule has 0 saturated carbocycles. The van der Waals surface area contributed by atoms with E-state index in [1.54, 1.807) is 0 Å². The van der Waals surface area contributed by atoms with Gasteiger partial charge in [-0.15, -0.1) is 11.3 Å². The molecule has 90 valence electrons. The highest BCUT2D eigenvalue weighted by atomic mass is 32.1. The monoisotopic (exact) mass is 249 g/mol. The zero-order chi connectivity index (χ0) is 11.8. The number of aryl methyl sites for hydroxylation is 1. The van der Waals surface area contributed by atoms with Crippen LogP contribution < -0.4 is 0 Å². The summed E-state index contributed by atoms with van der Waals surface area (Å²) in [6.07, 6.45) is 1.13. The number of thiophene rings is 1. The van der Waals surface area contributed by atoms with E-state index >= 15 is 0 Å². The van der Waals surface area contributed by atoms with Crippen LogP contribution in [0.5, 0.6) is 0 Å². The fourth-order valence-electron chi connectivity index (χ4n) is 2.24. The van der Waals surface area contributed by atoms with E-state index < -0.39 is 0 Å². The third-order valence-electron chi connectivity index (χ3n) is 3.29. The van der Waals surface area contributed by atoms with Crippen LogP contribution in [0.3, 0.4) is 0 Å². The Balaban J connectivity index is 1.78. The van der Waals surface area contributed by atoms with E-state index in [4.69, 9.17) is 4.52 Å². The van der Waals surface area contributed by atoms with Gasteiger partial charge in [0.15, 0.2) is 5.82 Å². The largest absolute Gasteiger partial charge is 0.338 e. The van der Waals surface area contributed by atoms with Gasteiger partial charge in [-0.25, -0.2) is 0 Å². The lowest BCUT2D eigenvalue weighted by Gasteiger charge is -2.30. The molecule has 0 radical (unpaired) electrons. The molecule has 2 aromatic rings. The summed E-state index contributed by atoms with van der Waals surface area (Å²) in [4.78, 5) is 8.23. The quantitative estimate of drug-likeness (QED) is 0.820. The van der Waals surface area contributed by atoms with Gasteiger partial charge in [0.05, 0.1) is 6.04 Å². The molecule has 1 atom stereocenters. The highest BCUT2D eigenvalue weighted by molar-refractivity contribution is 7.10. The maximum Gasteiger partial charge on any atom is 0.243 e. The van der Waals surface area contributed by atoms with Crippen LogP contribution in [-0.2, 0) is 13.0 Å². The molecule has 0 fully saturated rings. The van der Waals surface area contributed by atoms with Gasteiger partial charge in [0, 0.05) is 18.0 Å². The Bertz CT molecular complexity index is 519. The van der Waals surface area contributed by atoms with Gasteiger partial charge in [-0.3, -0.25) is 4.90 Å². The highest BCUT2D eigenvalue weighted by Gasteiger charge is 2.25. The smallest absolute Gasteiger partial charge is 0.243 e. The predicted octanol–water partition coefficient (Wildman–Crippen LogP) is 2.56. The molecule has 3 rings (SSSR count). The van der Waals surface area contributed by atoms with Crippen molar-refractivity contribution in [1.82, 2.24) is 15.0 Å². The molecule has 1 aliphatic heterocycles. The van der Waals surface area contributed by atoms with E-state index in [1.807, 2.05) is 18.3 Å². The normalized spacial score (nSPS) is 18.0. The van der Waals surface area contributed by atoms with Gasteiger partial charge in [0.25, 0.3) is 0 Å². The van der Waals surface area contributed by atoms with Crippen LogP contribution in [0.25, 0.3) is 0 Å². The Morgan fingerprint density at radius 1 is 1.53 bits per heavy atom. The van der Waals surface area contributed by atoms with Crippen molar-refractivity contribution >= 4 is 11.3 Å². The molecule has 0 spiro atoms. The van der Waals surface area contributed by atoms with Crippen molar-refractivity contribution in [2.45, 2.75) is 32.9 Å². The number of hydrogen-bond donors (Lipinski definition) is 0. The Morgan fingerprint density at radius 2 is 2.41 bits per heavy atom. The van der Waals surface area contributed by atoms with E-state index in [0.717, 1.165) is 25.4 Å². The van der Waals surface area contributed by atoms with Gasteiger partial charge < -0.3 is 4.52 Å². The van der Waals surface area contributed by atoms with Crippen molar-refractivity contribution in [1.29, 1.82) is 0 Å². The summed E-state index contributed by atoms with van der Waals surface area (Å²) >= 11 is 1.86. The fraction of sp³-hybridized carbons (Fsp3) is 0.500. The molecule has 3 heterocycles. The third-order valence-corrected chi connectivity index (χ3v) is 4.31. The molecule has 0 amide bonds. The van der Waals surface area contributed by atoms with E-state index in [1.165, 1.54) is 10.4 Å². The molecule has 1 aliphatic rings. The summed E-state index contributed by atoms with van der Waals surface area (Å²) in [6.45, 7) is 6.04. The van der Waals surface area contributed by atoms with Crippen molar-refractivity contribution in [2.24, 2.45) is 0 Å². The van der Waals surface area contributed by atoms with Crippen LogP contribution in [0.2, 0.25) is 0 Å². The van der Waals surface area contributed by atoms with Crippen LogP contribution in [-0.4, -0.2) is 21.6 Å². The maximum absolute atomic E-state index is 5.25. The van der Waals surface area contributed by atoms with E-state index in [-0.39, 0.29) is 6.04 Å². The second-order valence-corrected chi connectivity index (χ2v) is 5.45. The second-order valence-electron chi connectivity index (χ2n) is 4.45. The summed E-state index contributed by atoms with van der Waals surface area (Å²) < 4.78 is 5.25. The van der Waals surface area contributed by atoms with E-state index in [2.05, 4.69) is 33.4 Å². The Hall–Kier alpha value is -1.20. The molecular weight excluding hydrogens is 234 g/mol. The maximum atomic E-state index is 5.25. The van der Waals surface area contributed by atoms with Gasteiger partial charge in [-0.05, 0) is 37.3 Å². The minimum absolute atomic E-state index is 0.198. The zero-order valence-electron chi connectivity index (χ0n) is 10.0. The minimum atomic E-state index is 0.198. The van der Waals surface area contributed by atoms with Crippen molar-refractivity contribution in [3.05, 3.63) is 33.6 Å². The molecule has 0 N–H and O–H groups in total. The Labute approximate surface area is 104 Å². The number of nitrogens with zero attached hydrogens (tertiary/aromatic N) is 3. The molecule has 0 aromatic carbocycles. The summed E-state index contributed by atoms with van der Waals surface area (Å²) in [6, 6.07) is 2.42. The number of fused-ring (bicyclic) bond motifs is 1. The first kappa shape index (κ1) is 10.9. The number of aromatic nitrogens is 2. The molecule has 5 heteroatoms. The standard InChI is InChI=1S/C12H15N3OS/c1-8(12-13-9(2)14-16-12)15-5-3-11-10(7-15)4-6-17-11/h4,6,8H,3,5,7H2,1-2H3/t8-/m1/s1. The van der Waals surface area contributed by atoms with Gasteiger partial charge in [-0.2, -0.15) is 4.98 Å². The molecule has 4 nitrogen and oxygen atoms in total. The molecule has 0 bridgehead atoms. The van der Waals surface area contributed by atoms with Crippen molar-refractivity contribution in [2.75, 3.05) is 6.54 Å². The van der Waals surface area contributed by atoms with E-state index in [0.29, 0.717) is 5.82 Å². The fourth-order valence-corrected chi connectivity index (χ4v) is 3.13. The molecule has 2 aromatic heterocycles. The summed E-state index contributed by atoms with van der Waals surface area (Å²) in [5.74, 6) is 1.43. The highest BCUT2D eigenvalue weighted by Crippen LogP contribution is 2.29. The second kappa shape index (κ2) is 4.23. The Morgan fingerprint density at radius 3 is 3.18 bits per heavy atom. The average Bonchev–Trinajstić information content (AvgIpc) is 2.95. The first-order valence-corrected chi connectivity index (χ1v) is 6.71. The minimum Gasteiger partial charge on any atom is -0.338 e. The zero-order valence-corrected chi connectivity index (χ0v) is 10.8. The third kappa shape index (κ3) is 2.00. The van der Waals surface area contributed by atoms with E-state index in [9.17, 15) is 0 Å². The van der Waals surface area contributed by atoms with Crippen LogP contribution in [0.15, 0.2) is 16.0 Å². The molecule has 0 aliphatic carbocycles. The molecule has 0 saturated heterocycles. The first-order chi connectivity index (χ1) is 8.24. The summed E-state index contributed by atoms with van der Waals surface area (Å²) in [7, 11) is 0. The Kier molecular flexibility index (Phi) is 2.72. The SMILES string of the molecule is Cc1noc([C@@H](C)N2CCc3sccc3C2)n1. The first-order valence-electron chi connectivity index (χ1n) is 5.83. The lowest BCUT2D eigenvalue weighted by Crippen LogP contribution is -2.32. The number of rotatable bonds is 2. The van der Waals surface area contributed by atoms with Crippen LogP contribution in [0.4, 0.5) is 0 Å². The van der Waals surface area contributed by atoms with Crippen molar-refractivity contribution in [3.63, 3.8) is 0 Å². The van der Waals surface area contributed by atoms with Gasteiger partial charge in [-0.1, -0.05) is 5.16 Å². The summed E-state index contributed by atoms with van der Waals surface area (Å²) in [5, 5.41) is 6.03. The van der Waals surface area contributed by atoms with Crippen molar-refractivity contribution < 1.29 is 4.52 Å². The molecule has 17 heavy (non-hydrogen) atoms. The van der Waals surface area contributed by atoms with Gasteiger partial charge in [0.1, 0.15) is 0 Å². The summed E-state index contributed by atoms with van der Waals surface area (Å²) in [5.41, 5.74) is 1.45. The lowest BCUT2D eigenvalue weighted by atomic mass is 10.1. The molecular formula is C12H15N3OS. The lowest BCUT2D eigenvalue weighted by molar-refractivity contribution is 0.159. The van der Waals surface area contributed by atoms with Crippen molar-refractivity contribution in [3.8, 4) is 0 Å².